The van der Waals surface area contributed by atoms with Crippen LogP contribution in [0.2, 0.25) is 0 Å². The van der Waals surface area contributed by atoms with E-state index >= 15 is 0 Å². The number of nitrogens with one attached hydrogen (secondary N) is 5. The molecule has 4 heterocycles. The summed E-state index contributed by atoms with van der Waals surface area (Å²) in [7, 11) is 1.92. The topological polar surface area (TPSA) is 310 Å². The number of thiazole rings is 1. The molecule has 25 heteroatoms. The summed E-state index contributed by atoms with van der Waals surface area (Å²) >= 11 is 1.53. The number of ether oxygens (including phenoxy) is 3. The van der Waals surface area contributed by atoms with Crippen molar-refractivity contribution in [2.45, 2.75) is 128 Å². The van der Waals surface area contributed by atoms with E-state index < -0.39 is 89.2 Å². The number of unbranched alkanes of at least 4 members (excludes halogenated alkanes) is 2. The average molecular weight is 1150 g/mol. The molecule has 0 bridgehead atoms. The van der Waals surface area contributed by atoms with Crippen LogP contribution >= 0.6 is 11.3 Å². The molecule has 24 nitrogen and oxygen atoms in total. The van der Waals surface area contributed by atoms with Gasteiger partial charge in [-0.2, -0.15) is 0 Å². The van der Waals surface area contributed by atoms with Gasteiger partial charge in [-0.3, -0.25) is 43.4 Å². The number of carbonyl (C=O) groups excluding carboxylic acids is 10. The van der Waals surface area contributed by atoms with Gasteiger partial charge in [0, 0.05) is 75.6 Å². The second kappa shape index (κ2) is 27.7. The number of imide groups is 1. The molecule has 2 aromatic carbocycles. The number of aryl methyl sites for hydroxylation is 1. The Morgan fingerprint density at radius 1 is 0.829 bits per heavy atom. The van der Waals surface area contributed by atoms with Gasteiger partial charge in [-0.05, 0) is 110 Å². The standard InChI is InChI=1S/C57H75N11O13S/c1-35(37-13-15-39(16-14-37)47-36(2)61-34-82-47)62-49(72)43-32-41(33-68(43)54(77)81-56(3,4)5)79-55(78)80-46(50(73)66-30-28-65(6)29-31-66)38-17-19-40(20-18-38)63-48(71)42(12-10-26-60-53(58)76)64-52(75)57(23-11-24-57)51(74)59-25-8-7-9-27-67-44(69)21-22-45(67)70/h13-22,34-35,41-43,46H,7-12,23-33H2,1-6H3,(H,59,74)(H,62,72)(H,63,71)(H,64,75)(H3,58,60,76)/t35-,41+,42-,43-,46?/m0/s1. The first kappa shape index (κ1) is 61.7. The van der Waals surface area contributed by atoms with Crippen molar-refractivity contribution >= 4 is 76.7 Å². The summed E-state index contributed by atoms with van der Waals surface area (Å²) in [6.45, 7) is 11.0. The van der Waals surface area contributed by atoms with Crippen LogP contribution in [0.25, 0.3) is 10.4 Å². The number of benzene rings is 2. The van der Waals surface area contributed by atoms with Gasteiger partial charge < -0.3 is 56.3 Å². The maximum Gasteiger partial charge on any atom is 0.509 e. The van der Waals surface area contributed by atoms with Crippen LogP contribution in [0.3, 0.4) is 0 Å². The molecule has 442 valence electrons. The molecule has 7 N–H and O–H groups in total. The molecule has 10 amide bonds. The number of carbonyl (C=O) groups is 10. The van der Waals surface area contributed by atoms with E-state index in [1.54, 1.807) is 31.2 Å². The number of hydrogen-bond acceptors (Lipinski definition) is 16. The Morgan fingerprint density at radius 2 is 1.49 bits per heavy atom. The Bertz CT molecular complexity index is 2840. The summed E-state index contributed by atoms with van der Waals surface area (Å²) in [6, 6.07) is 10.2. The molecule has 1 unspecified atom stereocenters. The predicted molar refractivity (Wildman–Crippen MR) is 301 cm³/mol. The lowest BCUT2D eigenvalue weighted by Crippen LogP contribution is -2.58. The van der Waals surface area contributed by atoms with Crippen LogP contribution in [0.15, 0.2) is 66.2 Å². The first-order valence-electron chi connectivity index (χ1n) is 27.7. The molecule has 3 fully saturated rings. The maximum absolute atomic E-state index is 14.3. The highest BCUT2D eigenvalue weighted by Crippen LogP contribution is 2.42. The van der Waals surface area contributed by atoms with Crippen LogP contribution in [0.1, 0.15) is 114 Å². The van der Waals surface area contributed by atoms with Gasteiger partial charge in [0.15, 0.2) is 0 Å². The van der Waals surface area contributed by atoms with E-state index in [0.29, 0.717) is 51.9 Å². The molecule has 3 aliphatic heterocycles. The van der Waals surface area contributed by atoms with Crippen molar-refractivity contribution in [3.8, 4) is 10.4 Å². The van der Waals surface area contributed by atoms with E-state index in [4.69, 9.17) is 19.9 Å². The molecule has 2 saturated heterocycles. The van der Waals surface area contributed by atoms with Gasteiger partial charge in [-0.15, -0.1) is 11.3 Å². The van der Waals surface area contributed by atoms with E-state index in [0.717, 1.165) is 26.6 Å². The second-order valence-electron chi connectivity index (χ2n) is 22.1. The molecular weight excluding hydrogens is 1080 g/mol. The molecule has 4 aliphatic rings. The van der Waals surface area contributed by atoms with Crippen molar-refractivity contribution < 1.29 is 62.2 Å². The van der Waals surface area contributed by atoms with Crippen molar-refractivity contribution in [3.05, 3.63) is 83.0 Å². The lowest BCUT2D eigenvalue weighted by atomic mass is 9.67. The Hall–Kier alpha value is -7.93. The van der Waals surface area contributed by atoms with Crippen LogP contribution in [0, 0.1) is 12.3 Å². The minimum atomic E-state index is -1.52. The number of urea groups is 1. The highest BCUT2D eigenvalue weighted by atomic mass is 32.1. The van der Waals surface area contributed by atoms with Crippen molar-refractivity contribution in [3.63, 3.8) is 0 Å². The zero-order valence-electron chi connectivity index (χ0n) is 47.3. The van der Waals surface area contributed by atoms with Gasteiger partial charge in [0.25, 0.3) is 17.7 Å². The molecule has 1 aliphatic carbocycles. The van der Waals surface area contributed by atoms with Crippen molar-refractivity contribution in [1.82, 2.24) is 45.9 Å². The molecule has 5 atom stereocenters. The molecule has 0 radical (unpaired) electrons. The van der Waals surface area contributed by atoms with Crippen LogP contribution < -0.4 is 32.3 Å². The number of hydrogen-bond donors (Lipinski definition) is 6. The molecule has 82 heavy (non-hydrogen) atoms. The summed E-state index contributed by atoms with van der Waals surface area (Å²) in [5, 5.41) is 13.9. The fourth-order valence-corrected chi connectivity index (χ4v) is 10.8. The number of rotatable bonds is 23. The quantitative estimate of drug-likeness (QED) is 0.0327. The monoisotopic (exact) mass is 1150 g/mol. The molecule has 0 spiro atoms. The first-order chi connectivity index (χ1) is 39.0. The van der Waals surface area contributed by atoms with Crippen molar-refractivity contribution in [2.75, 3.05) is 64.7 Å². The summed E-state index contributed by atoms with van der Waals surface area (Å²) < 4.78 is 17.3. The largest absolute Gasteiger partial charge is 0.509 e. The third-order valence-electron chi connectivity index (χ3n) is 14.9. The van der Waals surface area contributed by atoms with Gasteiger partial charge in [-0.1, -0.05) is 42.8 Å². The number of piperazine rings is 1. The average Bonchev–Trinajstić information content (AvgIpc) is 3.76. The number of nitrogens with zero attached hydrogens (tertiary/aromatic N) is 5. The van der Waals surface area contributed by atoms with Gasteiger partial charge in [-0.25, -0.2) is 19.4 Å². The minimum Gasteiger partial charge on any atom is -0.444 e. The Kier molecular flexibility index (Phi) is 20.8. The fraction of sp³-hybridized carbons (Fsp3) is 0.526. The molecule has 3 aromatic rings. The smallest absolute Gasteiger partial charge is 0.444 e. The Labute approximate surface area is 480 Å². The number of amides is 10. The van der Waals surface area contributed by atoms with E-state index in [2.05, 4.69) is 36.5 Å². The minimum absolute atomic E-state index is 0.0486. The molecule has 7 rings (SSSR count). The summed E-state index contributed by atoms with van der Waals surface area (Å²) in [5.41, 5.74) is 7.92. The first-order valence-corrected chi connectivity index (χ1v) is 28.6. The van der Waals surface area contributed by atoms with Crippen LogP contribution in [0.4, 0.5) is 20.1 Å². The highest BCUT2D eigenvalue weighted by molar-refractivity contribution is 7.13. The normalized spacial score (nSPS) is 18.8. The highest BCUT2D eigenvalue weighted by Gasteiger charge is 2.51. The van der Waals surface area contributed by atoms with E-state index in [9.17, 15) is 47.9 Å². The Morgan fingerprint density at radius 3 is 2.10 bits per heavy atom. The number of primary amides is 1. The lowest BCUT2D eigenvalue weighted by molar-refractivity contribution is -0.151. The third kappa shape index (κ3) is 16.2. The van der Waals surface area contributed by atoms with Gasteiger partial charge in [0.2, 0.25) is 29.7 Å². The molecule has 1 aromatic heterocycles. The van der Waals surface area contributed by atoms with Crippen LogP contribution in [0.5, 0.6) is 0 Å². The lowest BCUT2D eigenvalue weighted by Gasteiger charge is -2.39. The van der Waals surface area contributed by atoms with E-state index in [1.165, 1.54) is 52.7 Å². The predicted octanol–water partition coefficient (Wildman–Crippen LogP) is 4.60. The maximum atomic E-state index is 14.3. The van der Waals surface area contributed by atoms with Crippen molar-refractivity contribution in [2.24, 2.45) is 11.1 Å². The zero-order chi connectivity index (χ0) is 59.3. The summed E-state index contributed by atoms with van der Waals surface area (Å²) in [5.74, 6) is -3.50. The third-order valence-corrected chi connectivity index (χ3v) is 15.9. The number of likely N-dealkylation sites (tertiary alicyclic amines) is 1. The summed E-state index contributed by atoms with van der Waals surface area (Å²) in [6.07, 6.45) is 0.860. The number of aromatic nitrogens is 1. The van der Waals surface area contributed by atoms with Gasteiger partial charge in [0.05, 0.1) is 28.7 Å². The van der Waals surface area contributed by atoms with Crippen molar-refractivity contribution in [1.29, 1.82) is 0 Å². The molecule has 1 saturated carbocycles. The van der Waals surface area contributed by atoms with Gasteiger partial charge >= 0.3 is 18.3 Å². The van der Waals surface area contributed by atoms with E-state index in [1.807, 2.05) is 45.2 Å². The van der Waals surface area contributed by atoms with E-state index in [-0.39, 0.29) is 81.3 Å². The summed E-state index contributed by atoms with van der Waals surface area (Å²) in [4.78, 5) is 144. The van der Waals surface area contributed by atoms with Gasteiger partial charge in [0.1, 0.15) is 29.2 Å². The number of anilines is 1. The number of likely N-dealkylation sites (N-methyl/N-ethyl adjacent to an activating group) is 1. The zero-order valence-corrected chi connectivity index (χ0v) is 48.1. The van der Waals surface area contributed by atoms with Crippen LogP contribution in [-0.2, 0) is 47.8 Å². The number of nitrogens with two attached hydrogens (primary N) is 1. The molecular formula is C57H75N11O13S. The van der Waals surface area contributed by atoms with Crippen LogP contribution in [-0.4, -0.2) is 167 Å². The Balaban J connectivity index is 0.999. The second-order valence-corrected chi connectivity index (χ2v) is 23.0. The fourth-order valence-electron chi connectivity index (χ4n) is 10.00. The SMILES string of the molecule is Cc1ncsc1-c1ccc([C@H](C)NC(=O)[C@@H]2C[C@@H](OC(=O)OC(C(=O)N3CCN(C)CC3)c3ccc(NC(=O)[C@H](CCCNC(N)=O)NC(=O)C4(C(=O)NCCCCCN5C(=O)C=CC5=O)CCC4)cc3)CN2C(=O)OC(C)(C)C)cc1.